The Morgan fingerprint density at radius 2 is 2.00 bits per heavy atom. The summed E-state index contributed by atoms with van der Waals surface area (Å²) in [5, 5.41) is 0. The fraction of sp³-hybridized carbons (Fsp3) is 0.750. The second kappa shape index (κ2) is 6.79. The first kappa shape index (κ1) is 13.7. The number of hydrogen-bond acceptors (Lipinski definition) is 1. The van der Waals surface area contributed by atoms with Gasteiger partial charge in [0, 0.05) is 12.3 Å². The van der Waals surface area contributed by atoms with Crippen LogP contribution in [0.4, 0.5) is 0 Å². The van der Waals surface area contributed by atoms with Crippen molar-refractivity contribution in [3.05, 3.63) is 0 Å². The minimum absolute atomic E-state index is 0. The van der Waals surface area contributed by atoms with Crippen molar-refractivity contribution in [1.82, 2.24) is 0 Å². The molecular weight excluding hydrogens is 181 g/mol. The van der Waals surface area contributed by atoms with Crippen LogP contribution in [0.25, 0.3) is 0 Å². The molecule has 3 heteroatoms. The fourth-order valence-electron chi connectivity index (χ4n) is 0.446. The van der Waals surface area contributed by atoms with Crippen molar-refractivity contribution in [3.63, 3.8) is 0 Å². The van der Waals surface area contributed by atoms with Gasteiger partial charge in [0.25, 0.3) is 0 Å². The van der Waals surface area contributed by atoms with Gasteiger partial charge in [0.2, 0.25) is 0 Å². The zero-order valence-corrected chi connectivity index (χ0v) is 8.56. The zero-order chi connectivity index (χ0) is 8.04. The van der Waals surface area contributed by atoms with Crippen molar-refractivity contribution >= 4 is 24.0 Å². The first-order valence-corrected chi connectivity index (χ1v) is 3.94. The lowest BCUT2D eigenvalue weighted by Gasteiger charge is -2.07. The smallest absolute Gasteiger partial charge is 0.0719 e. The van der Waals surface area contributed by atoms with E-state index in [4.69, 9.17) is 17.3 Å². The molecule has 0 unspecified atom stereocenters. The molecule has 0 aliphatic rings. The molecule has 0 spiro atoms. The van der Waals surface area contributed by atoms with Gasteiger partial charge in [-0.1, -0.05) is 5.92 Å². The van der Waals surface area contributed by atoms with E-state index in [1.54, 1.807) is 0 Å². The summed E-state index contributed by atoms with van der Waals surface area (Å²) in [5.41, 5.74) is 5.26. The van der Waals surface area contributed by atoms with E-state index in [-0.39, 0.29) is 17.9 Å². The quantitative estimate of drug-likeness (QED) is 0.409. The zero-order valence-electron chi connectivity index (χ0n) is 6.98. The summed E-state index contributed by atoms with van der Waals surface area (Å²) in [7, 11) is 0. The largest absolute Gasteiger partial charge is 0.316 e. The third kappa shape index (κ3) is 13.1. The number of nitrogens with two attached hydrogens (primary N) is 1. The van der Waals surface area contributed by atoms with Crippen molar-refractivity contribution in [1.29, 1.82) is 0 Å². The second-order valence-corrected chi connectivity index (χ2v) is 3.19. The molecule has 0 aliphatic carbocycles. The lowest BCUT2D eigenvalue weighted by molar-refractivity contribution is 0.679. The van der Waals surface area contributed by atoms with Crippen LogP contribution < -0.4 is 5.73 Å². The van der Waals surface area contributed by atoms with Crippen LogP contribution in [0.1, 0.15) is 26.7 Å². The molecular formula is C8H15Cl2N. The van der Waals surface area contributed by atoms with Crippen molar-refractivity contribution < 1.29 is 0 Å². The van der Waals surface area contributed by atoms with Gasteiger partial charge in [-0.25, -0.2) is 0 Å². The lowest BCUT2D eigenvalue weighted by atomic mass is 10.1. The molecule has 0 rings (SSSR count). The van der Waals surface area contributed by atoms with E-state index >= 15 is 0 Å². The number of hydrogen-bond donors (Lipinski definition) is 1. The monoisotopic (exact) mass is 195 g/mol. The normalized spacial score (nSPS) is 9.45. The molecule has 0 aromatic carbocycles. The van der Waals surface area contributed by atoms with E-state index in [0.29, 0.717) is 5.88 Å². The number of alkyl halides is 1. The van der Waals surface area contributed by atoms with Gasteiger partial charge in [-0.15, -0.1) is 29.9 Å². The van der Waals surface area contributed by atoms with Crippen LogP contribution in [-0.4, -0.2) is 11.4 Å². The Balaban J connectivity index is 0. The van der Waals surface area contributed by atoms with Crippen LogP contribution in [0.15, 0.2) is 0 Å². The van der Waals surface area contributed by atoms with Crippen LogP contribution in [0.2, 0.25) is 0 Å². The minimum atomic E-state index is -0.355. The fourth-order valence-corrected chi connectivity index (χ4v) is 0.579. The average Bonchev–Trinajstić information content (AvgIpc) is 1.78. The molecule has 0 fully saturated rings. The van der Waals surface area contributed by atoms with Crippen molar-refractivity contribution in [3.8, 4) is 11.8 Å². The molecule has 0 heterocycles. The highest BCUT2D eigenvalue weighted by Crippen LogP contribution is 1.94. The summed E-state index contributed by atoms with van der Waals surface area (Å²) < 4.78 is 0. The van der Waals surface area contributed by atoms with Gasteiger partial charge in [-0.05, 0) is 20.3 Å². The maximum atomic E-state index is 5.61. The molecule has 0 aromatic rings. The molecule has 1 nitrogen and oxygen atoms in total. The molecule has 0 bridgehead atoms. The van der Waals surface area contributed by atoms with Gasteiger partial charge >= 0.3 is 0 Å². The van der Waals surface area contributed by atoms with Crippen molar-refractivity contribution in [2.45, 2.75) is 32.2 Å². The van der Waals surface area contributed by atoms with Gasteiger partial charge in [0.05, 0.1) is 5.54 Å². The van der Waals surface area contributed by atoms with Gasteiger partial charge < -0.3 is 5.73 Å². The molecule has 0 aromatic heterocycles. The van der Waals surface area contributed by atoms with Crippen LogP contribution >= 0.6 is 24.0 Å². The van der Waals surface area contributed by atoms with Crippen LogP contribution in [0, 0.1) is 11.8 Å². The summed E-state index contributed by atoms with van der Waals surface area (Å²) in [4.78, 5) is 0. The Kier molecular flexibility index (Phi) is 8.44. The van der Waals surface area contributed by atoms with E-state index in [1.807, 2.05) is 13.8 Å². The summed E-state index contributed by atoms with van der Waals surface area (Å²) in [6.07, 6.45) is 1.80. The number of halogens is 2. The Bertz CT molecular complexity index is 138. The predicted molar refractivity (Wildman–Crippen MR) is 53.2 cm³/mol. The Morgan fingerprint density at radius 1 is 1.45 bits per heavy atom. The van der Waals surface area contributed by atoms with Crippen molar-refractivity contribution in [2.24, 2.45) is 5.73 Å². The van der Waals surface area contributed by atoms with Gasteiger partial charge in [-0.3, -0.25) is 0 Å². The molecule has 0 amide bonds. The molecule has 0 radical (unpaired) electrons. The summed E-state index contributed by atoms with van der Waals surface area (Å²) in [6.45, 7) is 3.78. The highest BCUT2D eigenvalue weighted by atomic mass is 35.5. The molecule has 0 saturated carbocycles. The molecule has 11 heavy (non-hydrogen) atoms. The van der Waals surface area contributed by atoms with Crippen LogP contribution in [-0.2, 0) is 0 Å². The van der Waals surface area contributed by atoms with E-state index < -0.39 is 0 Å². The highest BCUT2D eigenvalue weighted by molar-refractivity contribution is 6.17. The first-order chi connectivity index (χ1) is 4.56. The highest BCUT2D eigenvalue weighted by Gasteiger charge is 2.02. The Hall–Kier alpha value is 0.100. The lowest BCUT2D eigenvalue weighted by Crippen LogP contribution is -2.29. The van der Waals surface area contributed by atoms with E-state index in [1.165, 1.54) is 0 Å². The van der Waals surface area contributed by atoms with Gasteiger partial charge in [0.1, 0.15) is 0 Å². The molecule has 0 saturated heterocycles. The molecule has 2 N–H and O–H groups in total. The van der Waals surface area contributed by atoms with Gasteiger partial charge in [0.15, 0.2) is 0 Å². The Labute approximate surface area is 80.1 Å². The minimum Gasteiger partial charge on any atom is -0.316 e. The number of rotatable bonds is 2. The third-order valence-corrected chi connectivity index (χ3v) is 1.11. The first-order valence-electron chi connectivity index (χ1n) is 3.41. The molecule has 66 valence electrons. The number of unbranched alkanes of at least 4 members (excludes halogenated alkanes) is 1. The maximum Gasteiger partial charge on any atom is 0.0719 e. The van der Waals surface area contributed by atoms with E-state index in [0.717, 1.165) is 12.8 Å². The standard InChI is InChI=1S/C8H14ClN.ClH/c1-8(2,10)6-4-3-5-7-9;/h3,5,7,10H2,1-2H3;1H. The predicted octanol–water partition coefficient (Wildman–Crippen LogP) is 2.17. The third-order valence-electron chi connectivity index (χ3n) is 0.846. The summed E-state index contributed by atoms with van der Waals surface area (Å²) >= 11 is 5.45. The molecule has 0 atom stereocenters. The summed E-state index contributed by atoms with van der Waals surface area (Å²) in [6, 6.07) is 0. The van der Waals surface area contributed by atoms with Crippen molar-refractivity contribution in [2.75, 3.05) is 5.88 Å². The molecule has 0 aliphatic heterocycles. The van der Waals surface area contributed by atoms with Crippen LogP contribution in [0.5, 0.6) is 0 Å². The van der Waals surface area contributed by atoms with Crippen LogP contribution in [0.3, 0.4) is 0 Å². The topological polar surface area (TPSA) is 26.0 Å². The SMILES string of the molecule is CC(C)(N)C#CCCCCl.Cl. The Morgan fingerprint density at radius 3 is 2.36 bits per heavy atom. The second-order valence-electron chi connectivity index (χ2n) is 2.82. The van der Waals surface area contributed by atoms with E-state index in [9.17, 15) is 0 Å². The van der Waals surface area contributed by atoms with E-state index in [2.05, 4.69) is 11.8 Å². The van der Waals surface area contributed by atoms with Gasteiger partial charge in [-0.2, -0.15) is 0 Å². The maximum absolute atomic E-state index is 5.61. The summed E-state index contributed by atoms with van der Waals surface area (Å²) in [5.74, 6) is 6.57. The average molecular weight is 196 g/mol.